The lowest BCUT2D eigenvalue weighted by molar-refractivity contribution is 0.0291. The summed E-state index contributed by atoms with van der Waals surface area (Å²) in [4.78, 5) is 13.6. The molecule has 1 fully saturated rings. The molecule has 4 nitrogen and oxygen atoms in total. The van der Waals surface area contributed by atoms with Gasteiger partial charge >= 0.3 is 6.09 Å². The Morgan fingerprint density at radius 2 is 2.18 bits per heavy atom. The van der Waals surface area contributed by atoms with Gasteiger partial charge in [-0.2, -0.15) is 0 Å². The number of hydrogen-bond donors (Lipinski definition) is 1. The summed E-state index contributed by atoms with van der Waals surface area (Å²) in [5.41, 5.74) is 0.695. The molecule has 98 valence electrons. The second kappa shape index (κ2) is 5.54. The summed E-state index contributed by atoms with van der Waals surface area (Å²) in [5, 5.41) is 3.38. The lowest BCUT2D eigenvalue weighted by Crippen LogP contribution is -2.38. The van der Waals surface area contributed by atoms with Crippen LogP contribution in [0.25, 0.3) is 0 Å². The highest BCUT2D eigenvalue weighted by molar-refractivity contribution is 5.68. The summed E-state index contributed by atoms with van der Waals surface area (Å²) in [7, 11) is 0. The van der Waals surface area contributed by atoms with E-state index in [9.17, 15) is 4.79 Å². The van der Waals surface area contributed by atoms with Crippen LogP contribution in [0.4, 0.5) is 4.79 Å². The largest absolute Gasteiger partial charge is 0.444 e. The van der Waals surface area contributed by atoms with Gasteiger partial charge in [0.15, 0.2) is 0 Å². The van der Waals surface area contributed by atoms with Gasteiger partial charge < -0.3 is 15.0 Å². The molecule has 0 bridgehead atoms. The molecule has 0 aromatic heterocycles. The van der Waals surface area contributed by atoms with Crippen molar-refractivity contribution in [2.45, 2.75) is 45.8 Å². The maximum absolute atomic E-state index is 11.8. The standard InChI is InChI=1S/C13H24N2O2/c1-10(2)8-14-11-6-7-15(9-11)12(16)17-13(3,4)5/h11,14H,1,6-9H2,2-5H3. The molecule has 4 heteroatoms. The molecule has 0 aliphatic carbocycles. The van der Waals surface area contributed by atoms with Crippen molar-refractivity contribution in [1.82, 2.24) is 10.2 Å². The van der Waals surface area contributed by atoms with Gasteiger partial charge in [-0.1, -0.05) is 12.2 Å². The van der Waals surface area contributed by atoms with Crippen molar-refractivity contribution < 1.29 is 9.53 Å². The molecule has 0 spiro atoms. The van der Waals surface area contributed by atoms with E-state index in [-0.39, 0.29) is 6.09 Å². The highest BCUT2D eigenvalue weighted by Crippen LogP contribution is 2.15. The molecule has 0 aromatic rings. The molecule has 0 saturated carbocycles. The Kier molecular flexibility index (Phi) is 4.57. The Labute approximate surface area is 104 Å². The van der Waals surface area contributed by atoms with E-state index >= 15 is 0 Å². The van der Waals surface area contributed by atoms with Crippen molar-refractivity contribution in [2.24, 2.45) is 0 Å². The van der Waals surface area contributed by atoms with Gasteiger partial charge in [0.05, 0.1) is 0 Å². The van der Waals surface area contributed by atoms with Crippen LogP contribution in [-0.2, 0) is 4.74 Å². The zero-order chi connectivity index (χ0) is 13.1. The van der Waals surface area contributed by atoms with Gasteiger partial charge in [-0.15, -0.1) is 0 Å². The molecule has 1 aliphatic heterocycles. The first-order valence-electron chi connectivity index (χ1n) is 6.13. The molecule has 1 unspecified atom stereocenters. The van der Waals surface area contributed by atoms with E-state index in [1.165, 1.54) is 0 Å². The zero-order valence-electron chi connectivity index (χ0n) is 11.4. The Morgan fingerprint density at radius 3 is 2.71 bits per heavy atom. The van der Waals surface area contributed by atoms with E-state index in [1.807, 2.05) is 27.7 Å². The molecule has 1 amide bonds. The van der Waals surface area contributed by atoms with Crippen LogP contribution in [0.3, 0.4) is 0 Å². The predicted molar refractivity (Wildman–Crippen MR) is 69.0 cm³/mol. The fraction of sp³-hybridized carbons (Fsp3) is 0.769. The van der Waals surface area contributed by atoms with Crippen molar-refractivity contribution in [3.63, 3.8) is 0 Å². The zero-order valence-corrected chi connectivity index (χ0v) is 11.4. The van der Waals surface area contributed by atoms with Crippen LogP contribution in [0.15, 0.2) is 12.2 Å². The number of nitrogens with zero attached hydrogens (tertiary/aromatic N) is 1. The number of nitrogens with one attached hydrogen (secondary N) is 1. The number of hydrogen-bond acceptors (Lipinski definition) is 3. The van der Waals surface area contributed by atoms with E-state index < -0.39 is 5.60 Å². The molecule has 17 heavy (non-hydrogen) atoms. The molecule has 1 saturated heterocycles. The first-order chi connectivity index (χ1) is 7.78. The molecule has 1 N–H and O–H groups in total. The van der Waals surface area contributed by atoms with E-state index in [0.29, 0.717) is 6.04 Å². The second-order valence-corrected chi connectivity index (χ2v) is 5.75. The normalized spacial score (nSPS) is 20.5. The quantitative estimate of drug-likeness (QED) is 0.769. The maximum Gasteiger partial charge on any atom is 0.410 e. The topological polar surface area (TPSA) is 41.6 Å². The van der Waals surface area contributed by atoms with Crippen molar-refractivity contribution in [3.05, 3.63) is 12.2 Å². The molecular formula is C13H24N2O2. The third kappa shape index (κ3) is 5.22. The van der Waals surface area contributed by atoms with Gasteiger partial charge in [-0.25, -0.2) is 4.79 Å². The molecule has 1 atom stereocenters. The van der Waals surface area contributed by atoms with Gasteiger partial charge in [0, 0.05) is 25.7 Å². The minimum Gasteiger partial charge on any atom is -0.444 e. The third-order valence-corrected chi connectivity index (χ3v) is 2.53. The lowest BCUT2D eigenvalue weighted by atomic mass is 10.2. The van der Waals surface area contributed by atoms with Crippen molar-refractivity contribution in [2.75, 3.05) is 19.6 Å². The molecular weight excluding hydrogens is 216 g/mol. The Balaban J connectivity index is 2.34. The van der Waals surface area contributed by atoms with Crippen LogP contribution < -0.4 is 5.32 Å². The Hall–Kier alpha value is -1.03. The minimum absolute atomic E-state index is 0.211. The predicted octanol–water partition coefficient (Wildman–Crippen LogP) is 2.16. The first-order valence-corrected chi connectivity index (χ1v) is 6.13. The van der Waals surface area contributed by atoms with Crippen LogP contribution in [-0.4, -0.2) is 42.3 Å². The number of carbonyl (C=O) groups is 1. The number of carbonyl (C=O) groups excluding carboxylic acids is 1. The van der Waals surface area contributed by atoms with Gasteiger partial charge in [0.2, 0.25) is 0 Å². The van der Waals surface area contributed by atoms with E-state index in [0.717, 1.165) is 31.6 Å². The maximum atomic E-state index is 11.8. The van der Waals surface area contributed by atoms with Crippen molar-refractivity contribution in [1.29, 1.82) is 0 Å². The average Bonchev–Trinajstić information content (AvgIpc) is 2.60. The van der Waals surface area contributed by atoms with Gasteiger partial charge in [0.1, 0.15) is 5.60 Å². The fourth-order valence-corrected chi connectivity index (χ4v) is 1.74. The van der Waals surface area contributed by atoms with E-state index in [2.05, 4.69) is 11.9 Å². The smallest absolute Gasteiger partial charge is 0.410 e. The van der Waals surface area contributed by atoms with Crippen molar-refractivity contribution in [3.8, 4) is 0 Å². The van der Waals surface area contributed by atoms with Gasteiger partial charge in [0.25, 0.3) is 0 Å². The average molecular weight is 240 g/mol. The van der Waals surface area contributed by atoms with Gasteiger partial charge in [-0.3, -0.25) is 0 Å². The van der Waals surface area contributed by atoms with Crippen LogP contribution in [0.2, 0.25) is 0 Å². The number of amides is 1. The first kappa shape index (κ1) is 14.0. The van der Waals surface area contributed by atoms with Gasteiger partial charge in [-0.05, 0) is 34.1 Å². The van der Waals surface area contributed by atoms with Crippen LogP contribution >= 0.6 is 0 Å². The number of ether oxygens (including phenoxy) is 1. The summed E-state index contributed by atoms with van der Waals surface area (Å²) in [6, 6.07) is 0.360. The summed E-state index contributed by atoms with van der Waals surface area (Å²) in [6.07, 6.45) is 0.768. The number of rotatable bonds is 3. The Morgan fingerprint density at radius 1 is 1.53 bits per heavy atom. The molecule has 0 radical (unpaired) electrons. The third-order valence-electron chi connectivity index (χ3n) is 2.53. The summed E-state index contributed by atoms with van der Waals surface area (Å²) in [5.74, 6) is 0. The SMILES string of the molecule is C=C(C)CNC1CCN(C(=O)OC(C)(C)C)C1. The fourth-order valence-electron chi connectivity index (χ4n) is 1.74. The molecule has 1 rings (SSSR count). The minimum atomic E-state index is -0.416. The van der Waals surface area contributed by atoms with Crippen LogP contribution in [0, 0.1) is 0 Å². The molecule has 1 aliphatic rings. The highest BCUT2D eigenvalue weighted by Gasteiger charge is 2.29. The summed E-state index contributed by atoms with van der Waals surface area (Å²) < 4.78 is 5.34. The van der Waals surface area contributed by atoms with Crippen LogP contribution in [0.5, 0.6) is 0 Å². The van der Waals surface area contributed by atoms with Crippen molar-refractivity contribution >= 4 is 6.09 Å². The lowest BCUT2D eigenvalue weighted by Gasteiger charge is -2.24. The number of likely N-dealkylation sites (tertiary alicyclic amines) is 1. The molecule has 0 aromatic carbocycles. The highest BCUT2D eigenvalue weighted by atomic mass is 16.6. The Bertz CT molecular complexity index is 294. The monoisotopic (exact) mass is 240 g/mol. The van der Waals surface area contributed by atoms with E-state index in [4.69, 9.17) is 4.74 Å². The van der Waals surface area contributed by atoms with E-state index in [1.54, 1.807) is 4.90 Å². The summed E-state index contributed by atoms with van der Waals surface area (Å²) in [6.45, 7) is 13.8. The second-order valence-electron chi connectivity index (χ2n) is 5.75. The summed E-state index contributed by atoms with van der Waals surface area (Å²) >= 11 is 0. The molecule has 1 heterocycles. The van der Waals surface area contributed by atoms with Crippen LogP contribution in [0.1, 0.15) is 34.1 Å².